The fraction of sp³-hybridized carbons (Fsp3) is 1.00. The summed E-state index contributed by atoms with van der Waals surface area (Å²) in [6.07, 6.45) is 1.71. The number of rotatable bonds is 2. The van der Waals surface area contributed by atoms with Crippen LogP contribution < -0.4 is 0 Å². The lowest BCUT2D eigenvalue weighted by atomic mass is 10.2. The number of hydrogen-bond donors (Lipinski definition) is 2. The van der Waals surface area contributed by atoms with Crippen LogP contribution in [0.1, 0.15) is 19.8 Å². The molecule has 1 fully saturated rings. The SMILES string of the molecule is CC(O)N1CCCC1CO. The van der Waals surface area contributed by atoms with Crippen LogP contribution in [-0.4, -0.2) is 40.5 Å². The van der Waals surface area contributed by atoms with E-state index >= 15 is 0 Å². The van der Waals surface area contributed by atoms with Crippen LogP contribution in [-0.2, 0) is 0 Å². The summed E-state index contributed by atoms with van der Waals surface area (Å²) in [7, 11) is 0. The Bertz CT molecular complexity index is 106. The van der Waals surface area contributed by atoms with Gasteiger partial charge in [-0.05, 0) is 19.8 Å². The van der Waals surface area contributed by atoms with Gasteiger partial charge in [0.25, 0.3) is 0 Å². The molecule has 0 spiro atoms. The lowest BCUT2D eigenvalue weighted by molar-refractivity contribution is -0.00490. The van der Waals surface area contributed by atoms with Crippen molar-refractivity contribution in [1.82, 2.24) is 4.90 Å². The smallest absolute Gasteiger partial charge is 0.104 e. The van der Waals surface area contributed by atoms with Gasteiger partial charge in [-0.3, -0.25) is 4.90 Å². The van der Waals surface area contributed by atoms with Gasteiger partial charge in [0.15, 0.2) is 0 Å². The van der Waals surface area contributed by atoms with Crippen molar-refractivity contribution in [1.29, 1.82) is 0 Å². The number of nitrogens with zero attached hydrogens (tertiary/aromatic N) is 1. The third-order valence-electron chi connectivity index (χ3n) is 2.11. The zero-order valence-corrected chi connectivity index (χ0v) is 6.32. The summed E-state index contributed by atoms with van der Waals surface area (Å²) >= 11 is 0. The Kier molecular flexibility index (Phi) is 2.65. The third-order valence-corrected chi connectivity index (χ3v) is 2.11. The first kappa shape index (κ1) is 7.98. The molecule has 2 atom stereocenters. The van der Waals surface area contributed by atoms with Gasteiger partial charge in [0.2, 0.25) is 0 Å². The third kappa shape index (κ3) is 1.48. The van der Waals surface area contributed by atoms with E-state index in [0.29, 0.717) is 0 Å². The van der Waals surface area contributed by atoms with Crippen molar-refractivity contribution in [2.75, 3.05) is 13.2 Å². The summed E-state index contributed by atoms with van der Waals surface area (Å²) in [5.41, 5.74) is 0. The lowest BCUT2D eigenvalue weighted by Gasteiger charge is -2.25. The molecule has 1 rings (SSSR count). The van der Waals surface area contributed by atoms with Crippen molar-refractivity contribution in [2.45, 2.75) is 32.0 Å². The fourth-order valence-electron chi connectivity index (χ4n) is 1.55. The molecule has 60 valence electrons. The van der Waals surface area contributed by atoms with Gasteiger partial charge in [-0.25, -0.2) is 0 Å². The van der Waals surface area contributed by atoms with Gasteiger partial charge < -0.3 is 10.2 Å². The fourth-order valence-corrected chi connectivity index (χ4v) is 1.55. The second kappa shape index (κ2) is 3.32. The van der Waals surface area contributed by atoms with E-state index in [2.05, 4.69) is 0 Å². The number of aliphatic hydroxyl groups excluding tert-OH is 2. The van der Waals surface area contributed by atoms with Gasteiger partial charge in [0.1, 0.15) is 6.23 Å². The molecule has 1 saturated heterocycles. The van der Waals surface area contributed by atoms with E-state index in [1.165, 1.54) is 0 Å². The monoisotopic (exact) mass is 145 g/mol. The number of hydrogen-bond acceptors (Lipinski definition) is 3. The minimum Gasteiger partial charge on any atom is -0.395 e. The number of likely N-dealkylation sites (tertiary alicyclic amines) is 1. The summed E-state index contributed by atoms with van der Waals surface area (Å²) in [5, 5.41) is 18.0. The average molecular weight is 145 g/mol. The Hall–Kier alpha value is -0.120. The Balaban J connectivity index is 2.42. The molecule has 0 amide bonds. The second-order valence-corrected chi connectivity index (χ2v) is 2.85. The molecule has 1 aliphatic rings. The summed E-state index contributed by atoms with van der Waals surface area (Å²) in [6.45, 7) is 2.84. The zero-order valence-electron chi connectivity index (χ0n) is 6.32. The predicted molar refractivity (Wildman–Crippen MR) is 38.5 cm³/mol. The molecule has 0 aliphatic carbocycles. The molecule has 0 radical (unpaired) electrons. The molecule has 10 heavy (non-hydrogen) atoms. The normalized spacial score (nSPS) is 30.9. The van der Waals surface area contributed by atoms with Crippen LogP contribution in [0.2, 0.25) is 0 Å². The van der Waals surface area contributed by atoms with Gasteiger partial charge in [-0.1, -0.05) is 0 Å². The maximum atomic E-state index is 9.17. The first-order chi connectivity index (χ1) is 4.75. The predicted octanol–water partition coefficient (Wildman–Crippen LogP) is -0.219. The second-order valence-electron chi connectivity index (χ2n) is 2.85. The highest BCUT2D eigenvalue weighted by Crippen LogP contribution is 2.17. The molecule has 0 bridgehead atoms. The van der Waals surface area contributed by atoms with E-state index in [1.54, 1.807) is 6.92 Å². The quantitative estimate of drug-likeness (QED) is 0.564. The Labute approximate surface area is 61.3 Å². The highest BCUT2D eigenvalue weighted by molar-refractivity contribution is 4.78. The molecule has 0 aromatic heterocycles. The molecule has 0 aromatic carbocycles. The van der Waals surface area contributed by atoms with Crippen LogP contribution in [0.4, 0.5) is 0 Å². The zero-order chi connectivity index (χ0) is 7.56. The highest BCUT2D eigenvalue weighted by Gasteiger charge is 2.26. The van der Waals surface area contributed by atoms with E-state index in [4.69, 9.17) is 10.2 Å². The lowest BCUT2D eigenvalue weighted by Crippen LogP contribution is -2.38. The first-order valence-corrected chi connectivity index (χ1v) is 3.80. The summed E-state index contributed by atoms with van der Waals surface area (Å²) < 4.78 is 0. The maximum absolute atomic E-state index is 9.17. The Morgan fingerprint density at radius 3 is 2.80 bits per heavy atom. The summed E-state index contributed by atoms with van der Waals surface area (Å²) in [4.78, 5) is 1.93. The van der Waals surface area contributed by atoms with Crippen LogP contribution >= 0.6 is 0 Å². The minimum absolute atomic E-state index is 0.172. The van der Waals surface area contributed by atoms with E-state index in [1.807, 2.05) is 4.90 Å². The molecule has 2 unspecified atom stereocenters. The summed E-state index contributed by atoms with van der Waals surface area (Å²) in [5.74, 6) is 0. The molecule has 2 N–H and O–H groups in total. The van der Waals surface area contributed by atoms with Gasteiger partial charge in [0, 0.05) is 12.6 Å². The highest BCUT2D eigenvalue weighted by atomic mass is 16.3. The topological polar surface area (TPSA) is 43.7 Å². The van der Waals surface area contributed by atoms with Crippen LogP contribution in [0.3, 0.4) is 0 Å². The van der Waals surface area contributed by atoms with Crippen molar-refractivity contribution >= 4 is 0 Å². The van der Waals surface area contributed by atoms with Crippen LogP contribution in [0.15, 0.2) is 0 Å². The van der Waals surface area contributed by atoms with Gasteiger partial charge >= 0.3 is 0 Å². The van der Waals surface area contributed by atoms with Crippen LogP contribution in [0, 0.1) is 0 Å². The van der Waals surface area contributed by atoms with E-state index < -0.39 is 6.23 Å². The maximum Gasteiger partial charge on any atom is 0.104 e. The van der Waals surface area contributed by atoms with E-state index in [9.17, 15) is 0 Å². The largest absolute Gasteiger partial charge is 0.395 e. The standard InChI is InChI=1S/C7H15NO2/c1-6(10)8-4-2-3-7(8)5-9/h6-7,9-10H,2-5H2,1H3. The molecule has 1 heterocycles. The van der Waals surface area contributed by atoms with Crippen molar-refractivity contribution in [2.24, 2.45) is 0 Å². The van der Waals surface area contributed by atoms with Crippen molar-refractivity contribution in [3.63, 3.8) is 0 Å². The van der Waals surface area contributed by atoms with Crippen LogP contribution in [0.5, 0.6) is 0 Å². The van der Waals surface area contributed by atoms with Crippen LogP contribution in [0.25, 0.3) is 0 Å². The van der Waals surface area contributed by atoms with Crippen molar-refractivity contribution < 1.29 is 10.2 Å². The molecule has 1 aliphatic heterocycles. The van der Waals surface area contributed by atoms with E-state index in [-0.39, 0.29) is 12.6 Å². The summed E-state index contributed by atoms with van der Waals surface area (Å²) in [6, 6.07) is 0.194. The van der Waals surface area contributed by atoms with Gasteiger partial charge in [-0.2, -0.15) is 0 Å². The molecule has 0 aromatic rings. The molecular formula is C7H15NO2. The molecular weight excluding hydrogens is 130 g/mol. The molecule has 3 nitrogen and oxygen atoms in total. The molecule has 3 heteroatoms. The number of aliphatic hydroxyl groups is 2. The minimum atomic E-state index is -0.403. The Morgan fingerprint density at radius 2 is 2.40 bits per heavy atom. The van der Waals surface area contributed by atoms with Crippen molar-refractivity contribution in [3.05, 3.63) is 0 Å². The van der Waals surface area contributed by atoms with Crippen molar-refractivity contribution in [3.8, 4) is 0 Å². The van der Waals surface area contributed by atoms with E-state index in [0.717, 1.165) is 19.4 Å². The average Bonchev–Trinajstić information content (AvgIpc) is 2.33. The van der Waals surface area contributed by atoms with Gasteiger partial charge in [0.05, 0.1) is 6.61 Å². The molecule has 0 saturated carbocycles. The Morgan fingerprint density at radius 1 is 1.70 bits per heavy atom. The van der Waals surface area contributed by atoms with Gasteiger partial charge in [-0.15, -0.1) is 0 Å². The first-order valence-electron chi connectivity index (χ1n) is 3.80.